The number of ether oxygens (including phenoxy) is 1. The van der Waals surface area contributed by atoms with Crippen LogP contribution in [0, 0.1) is 5.92 Å². The van der Waals surface area contributed by atoms with Crippen molar-refractivity contribution < 1.29 is 9.84 Å². The molecule has 1 heterocycles. The molecule has 1 aliphatic rings. The van der Waals surface area contributed by atoms with Gasteiger partial charge >= 0.3 is 0 Å². The molecule has 2 N–H and O–H groups in total. The Morgan fingerprint density at radius 3 is 2.79 bits per heavy atom. The first-order valence-corrected chi connectivity index (χ1v) is 8.81. The van der Waals surface area contributed by atoms with Gasteiger partial charge in [0.1, 0.15) is 12.4 Å². The van der Waals surface area contributed by atoms with Crippen molar-refractivity contribution in [3.8, 4) is 5.75 Å². The van der Waals surface area contributed by atoms with Gasteiger partial charge in [0.05, 0.1) is 6.10 Å². The van der Waals surface area contributed by atoms with E-state index in [1.54, 1.807) is 6.20 Å². The van der Waals surface area contributed by atoms with E-state index < -0.39 is 0 Å². The van der Waals surface area contributed by atoms with Gasteiger partial charge in [0.25, 0.3) is 0 Å². The second-order valence-electron chi connectivity index (χ2n) is 6.50. The Labute approximate surface area is 143 Å². The fraction of sp³-hybridized carbons (Fsp3) is 0.450. The molecule has 24 heavy (non-hydrogen) atoms. The molecular weight excluding hydrogens is 300 g/mol. The minimum atomic E-state index is -0.240. The number of hydrogen-bond donors (Lipinski definition) is 2. The number of para-hydroxylation sites is 1. The number of benzene rings is 1. The second-order valence-corrected chi connectivity index (χ2v) is 6.50. The maximum atomic E-state index is 10.2. The zero-order valence-electron chi connectivity index (χ0n) is 14.0. The molecule has 0 radical (unpaired) electrons. The van der Waals surface area contributed by atoms with E-state index in [2.05, 4.69) is 16.4 Å². The zero-order valence-corrected chi connectivity index (χ0v) is 14.0. The lowest BCUT2D eigenvalue weighted by molar-refractivity contribution is 0.109. The van der Waals surface area contributed by atoms with Crippen LogP contribution >= 0.6 is 0 Å². The molecule has 4 heteroatoms. The minimum absolute atomic E-state index is 0.240. The zero-order chi connectivity index (χ0) is 16.6. The number of nitrogens with one attached hydrogen (secondary N) is 1. The molecule has 0 aliphatic heterocycles. The maximum absolute atomic E-state index is 10.2. The standard InChI is InChI=1S/C20H26N2O2/c23-19(17-7-1-2-8-17)14-22-13-18-9-3-4-10-20(18)24-15-16-6-5-11-21-12-16/h3-6,9-12,17,19,22-23H,1-2,7-8,13-15H2. The quantitative estimate of drug-likeness (QED) is 0.781. The molecule has 2 aromatic rings. The highest BCUT2D eigenvalue weighted by Gasteiger charge is 2.22. The van der Waals surface area contributed by atoms with E-state index in [1.165, 1.54) is 12.8 Å². The minimum Gasteiger partial charge on any atom is -0.489 e. The first kappa shape index (κ1) is 16.9. The molecule has 1 atom stereocenters. The summed E-state index contributed by atoms with van der Waals surface area (Å²) in [5, 5.41) is 13.6. The highest BCUT2D eigenvalue weighted by atomic mass is 16.5. The van der Waals surface area contributed by atoms with E-state index in [1.807, 2.05) is 36.5 Å². The van der Waals surface area contributed by atoms with Gasteiger partial charge in [0.15, 0.2) is 0 Å². The highest BCUT2D eigenvalue weighted by Crippen LogP contribution is 2.27. The average molecular weight is 326 g/mol. The van der Waals surface area contributed by atoms with Crippen molar-refractivity contribution in [2.45, 2.75) is 44.9 Å². The first-order chi connectivity index (χ1) is 11.8. The number of nitrogens with zero attached hydrogens (tertiary/aromatic N) is 1. The van der Waals surface area contributed by atoms with Crippen LogP contribution in [0.1, 0.15) is 36.8 Å². The number of rotatable bonds is 8. The van der Waals surface area contributed by atoms with E-state index >= 15 is 0 Å². The van der Waals surface area contributed by atoms with Crippen molar-refractivity contribution >= 4 is 0 Å². The molecule has 4 nitrogen and oxygen atoms in total. The summed E-state index contributed by atoms with van der Waals surface area (Å²) in [7, 11) is 0. The summed E-state index contributed by atoms with van der Waals surface area (Å²) in [4.78, 5) is 4.11. The molecule has 0 bridgehead atoms. The number of aromatic nitrogens is 1. The van der Waals surface area contributed by atoms with Crippen molar-refractivity contribution in [2.24, 2.45) is 5.92 Å². The molecule has 0 amide bonds. The third-order valence-electron chi connectivity index (χ3n) is 4.70. The Balaban J connectivity index is 1.50. The average Bonchev–Trinajstić information content (AvgIpc) is 3.16. The molecule has 1 fully saturated rings. The molecule has 0 saturated heterocycles. The summed E-state index contributed by atoms with van der Waals surface area (Å²) in [5.41, 5.74) is 2.16. The number of hydrogen-bond acceptors (Lipinski definition) is 4. The molecule has 1 aromatic carbocycles. The Bertz CT molecular complexity index is 612. The lowest BCUT2D eigenvalue weighted by atomic mass is 10.0. The van der Waals surface area contributed by atoms with Gasteiger partial charge in [-0.15, -0.1) is 0 Å². The SMILES string of the molecule is OC(CNCc1ccccc1OCc1cccnc1)C1CCCC1. The summed E-state index contributed by atoms with van der Waals surface area (Å²) in [6, 6.07) is 12.0. The molecule has 1 aliphatic carbocycles. The van der Waals surface area contributed by atoms with Gasteiger partial charge in [-0.3, -0.25) is 4.98 Å². The Morgan fingerprint density at radius 2 is 2.00 bits per heavy atom. The summed E-state index contributed by atoms with van der Waals surface area (Å²) in [5.74, 6) is 1.35. The fourth-order valence-electron chi connectivity index (χ4n) is 3.30. The number of aliphatic hydroxyl groups excluding tert-OH is 1. The van der Waals surface area contributed by atoms with Gasteiger partial charge in [0, 0.05) is 36.6 Å². The van der Waals surface area contributed by atoms with Crippen molar-refractivity contribution in [2.75, 3.05) is 6.54 Å². The molecule has 1 saturated carbocycles. The maximum Gasteiger partial charge on any atom is 0.124 e. The van der Waals surface area contributed by atoms with Crippen LogP contribution in [0.3, 0.4) is 0 Å². The Kier molecular flexibility index (Phi) is 6.21. The number of pyridine rings is 1. The van der Waals surface area contributed by atoms with Gasteiger partial charge in [-0.1, -0.05) is 37.1 Å². The molecule has 1 aromatic heterocycles. The summed E-state index contributed by atoms with van der Waals surface area (Å²) in [6.45, 7) is 1.85. The fourth-order valence-corrected chi connectivity index (χ4v) is 3.30. The monoisotopic (exact) mass is 326 g/mol. The van der Waals surface area contributed by atoms with Crippen LogP contribution in [0.15, 0.2) is 48.8 Å². The van der Waals surface area contributed by atoms with Crippen molar-refractivity contribution in [1.82, 2.24) is 10.3 Å². The van der Waals surface area contributed by atoms with Crippen LogP contribution in [-0.4, -0.2) is 22.7 Å². The normalized spacial score (nSPS) is 16.2. The van der Waals surface area contributed by atoms with Crippen molar-refractivity contribution in [1.29, 1.82) is 0 Å². The lowest BCUT2D eigenvalue weighted by Crippen LogP contribution is -2.31. The second kappa shape index (κ2) is 8.81. The molecule has 0 spiro atoms. The van der Waals surface area contributed by atoms with Gasteiger partial charge in [-0.2, -0.15) is 0 Å². The molecule has 1 unspecified atom stereocenters. The van der Waals surface area contributed by atoms with Gasteiger partial charge in [-0.05, 0) is 30.9 Å². The van der Waals surface area contributed by atoms with Crippen LogP contribution in [0.5, 0.6) is 5.75 Å². The van der Waals surface area contributed by atoms with E-state index in [9.17, 15) is 5.11 Å². The first-order valence-electron chi connectivity index (χ1n) is 8.81. The molecular formula is C20H26N2O2. The van der Waals surface area contributed by atoms with Crippen molar-refractivity contribution in [3.63, 3.8) is 0 Å². The van der Waals surface area contributed by atoms with Crippen LogP contribution in [0.2, 0.25) is 0 Å². The van der Waals surface area contributed by atoms with E-state index in [0.717, 1.165) is 29.7 Å². The van der Waals surface area contributed by atoms with Crippen LogP contribution in [0.4, 0.5) is 0 Å². The largest absolute Gasteiger partial charge is 0.489 e. The summed E-state index contributed by atoms with van der Waals surface area (Å²) >= 11 is 0. The predicted molar refractivity (Wildman–Crippen MR) is 94.7 cm³/mol. The highest BCUT2D eigenvalue weighted by molar-refractivity contribution is 5.33. The smallest absolute Gasteiger partial charge is 0.124 e. The van der Waals surface area contributed by atoms with E-state index in [0.29, 0.717) is 25.6 Å². The summed E-state index contributed by atoms with van der Waals surface area (Å²) < 4.78 is 5.94. The molecule has 3 rings (SSSR count). The third-order valence-corrected chi connectivity index (χ3v) is 4.70. The van der Waals surface area contributed by atoms with Gasteiger partial charge in [-0.25, -0.2) is 0 Å². The van der Waals surface area contributed by atoms with E-state index in [-0.39, 0.29) is 6.10 Å². The van der Waals surface area contributed by atoms with E-state index in [4.69, 9.17) is 4.74 Å². The van der Waals surface area contributed by atoms with Crippen LogP contribution in [-0.2, 0) is 13.2 Å². The predicted octanol–water partition coefficient (Wildman–Crippen LogP) is 3.30. The van der Waals surface area contributed by atoms with Crippen LogP contribution in [0.25, 0.3) is 0 Å². The Hall–Kier alpha value is -1.91. The van der Waals surface area contributed by atoms with Crippen molar-refractivity contribution in [3.05, 3.63) is 59.9 Å². The van der Waals surface area contributed by atoms with Gasteiger partial charge in [0.2, 0.25) is 0 Å². The summed E-state index contributed by atoms with van der Waals surface area (Å²) in [6.07, 6.45) is 8.17. The molecule has 128 valence electrons. The Morgan fingerprint density at radius 1 is 1.17 bits per heavy atom. The topological polar surface area (TPSA) is 54.4 Å². The third kappa shape index (κ3) is 4.79. The lowest BCUT2D eigenvalue weighted by Gasteiger charge is -2.19. The van der Waals surface area contributed by atoms with Gasteiger partial charge < -0.3 is 15.2 Å². The van der Waals surface area contributed by atoms with Crippen LogP contribution < -0.4 is 10.1 Å². The number of aliphatic hydroxyl groups is 1.